The number of hydrogen-bond acceptors (Lipinski definition) is 4. The zero-order chi connectivity index (χ0) is 19.5. The lowest BCUT2D eigenvalue weighted by Gasteiger charge is -2.60. The maximum absolute atomic E-state index is 13.3. The topological polar surface area (TPSA) is 91.2 Å². The number of aliphatic hydroxyl groups is 1. The van der Waals surface area contributed by atoms with Crippen LogP contribution in [-0.2, 0) is 11.3 Å². The summed E-state index contributed by atoms with van der Waals surface area (Å²) in [4.78, 5) is 27.2. The third kappa shape index (κ3) is 3.02. The van der Waals surface area contributed by atoms with Gasteiger partial charge in [0.25, 0.3) is 0 Å². The van der Waals surface area contributed by atoms with Crippen LogP contribution in [0.4, 0.5) is 0 Å². The number of piperidine rings is 1. The molecule has 4 bridgehead atoms. The van der Waals surface area contributed by atoms with Gasteiger partial charge in [-0.05, 0) is 75.5 Å². The standard InChI is InChI=1S/C21H32N4O3/c1-2-25-18(22-23-19(25)27)16-4-3-5-24(12-16)17(26)11-20-7-14-6-15(8-20)10-21(28,9-14)13-20/h14-16,28H,2-13H2,1H3,(H,23,27)/t14-,15-,16+,20?,21?/m0/s1. The molecule has 1 aromatic rings. The van der Waals surface area contributed by atoms with Crippen LogP contribution in [0.1, 0.15) is 76.5 Å². The average Bonchev–Trinajstić information content (AvgIpc) is 3.00. The van der Waals surface area contributed by atoms with E-state index in [2.05, 4.69) is 10.2 Å². The van der Waals surface area contributed by atoms with Crippen molar-refractivity contribution < 1.29 is 9.90 Å². The smallest absolute Gasteiger partial charge is 0.343 e. The molecule has 154 valence electrons. The molecule has 3 atom stereocenters. The minimum absolute atomic E-state index is 0.0146. The molecule has 0 spiro atoms. The zero-order valence-electron chi connectivity index (χ0n) is 16.8. The lowest BCUT2D eigenvalue weighted by Crippen LogP contribution is -2.57. The summed E-state index contributed by atoms with van der Waals surface area (Å²) < 4.78 is 1.69. The first kappa shape index (κ1) is 18.4. The molecular weight excluding hydrogens is 356 g/mol. The Labute approximate surface area is 165 Å². The quantitative estimate of drug-likeness (QED) is 0.826. The fourth-order valence-corrected chi connectivity index (χ4v) is 7.40. The van der Waals surface area contributed by atoms with E-state index >= 15 is 0 Å². The number of amides is 1. The lowest BCUT2D eigenvalue weighted by atomic mass is 9.47. The average molecular weight is 389 g/mol. The van der Waals surface area contributed by atoms with Crippen LogP contribution < -0.4 is 5.69 Å². The van der Waals surface area contributed by atoms with Gasteiger partial charge in [0.2, 0.25) is 5.91 Å². The molecule has 1 aromatic heterocycles. The van der Waals surface area contributed by atoms with Crippen LogP contribution in [0.5, 0.6) is 0 Å². The Balaban J connectivity index is 1.30. The summed E-state index contributed by atoms with van der Waals surface area (Å²) in [5.41, 5.74) is -0.662. The molecule has 6 rings (SSSR count). The molecule has 7 heteroatoms. The van der Waals surface area contributed by atoms with Crippen LogP contribution in [-0.4, -0.2) is 49.4 Å². The van der Waals surface area contributed by atoms with Gasteiger partial charge < -0.3 is 10.0 Å². The van der Waals surface area contributed by atoms with E-state index in [1.54, 1.807) is 4.57 Å². The Morgan fingerprint density at radius 2 is 2.04 bits per heavy atom. The summed E-state index contributed by atoms with van der Waals surface area (Å²) >= 11 is 0. The molecule has 4 saturated carbocycles. The van der Waals surface area contributed by atoms with E-state index in [-0.39, 0.29) is 22.9 Å². The predicted octanol–water partition coefficient (Wildman–Crippen LogP) is 2.02. The van der Waals surface area contributed by atoms with Gasteiger partial charge in [-0.3, -0.25) is 9.36 Å². The number of aromatic nitrogens is 3. The number of carbonyl (C=O) groups excluding carboxylic acids is 1. The first-order valence-electron chi connectivity index (χ1n) is 11.0. The van der Waals surface area contributed by atoms with Crippen molar-refractivity contribution in [3.05, 3.63) is 16.3 Å². The Hall–Kier alpha value is -1.63. The molecule has 2 N–H and O–H groups in total. The highest BCUT2D eigenvalue weighted by Gasteiger charge is 2.57. The van der Waals surface area contributed by atoms with Gasteiger partial charge in [-0.1, -0.05) is 0 Å². The van der Waals surface area contributed by atoms with Crippen LogP contribution >= 0.6 is 0 Å². The molecule has 0 radical (unpaired) electrons. The molecule has 0 unspecified atom stereocenters. The lowest BCUT2D eigenvalue weighted by molar-refractivity contribution is -0.172. The summed E-state index contributed by atoms with van der Waals surface area (Å²) in [6.45, 7) is 3.99. The van der Waals surface area contributed by atoms with Gasteiger partial charge in [0, 0.05) is 32.0 Å². The molecule has 0 aromatic carbocycles. The van der Waals surface area contributed by atoms with Gasteiger partial charge in [0.15, 0.2) is 0 Å². The SMILES string of the molecule is CCn1c([C@@H]2CCCN(C(=O)CC34C[C@@H]5C[C@H](CC(O)(C5)C3)C4)C2)n[nH]c1=O. The number of nitrogens with zero attached hydrogens (tertiary/aromatic N) is 3. The molecule has 1 aliphatic heterocycles. The molecule has 4 aliphatic carbocycles. The maximum Gasteiger partial charge on any atom is 0.343 e. The Morgan fingerprint density at radius 1 is 1.29 bits per heavy atom. The van der Waals surface area contributed by atoms with Crippen molar-refractivity contribution in [3.8, 4) is 0 Å². The largest absolute Gasteiger partial charge is 0.390 e. The van der Waals surface area contributed by atoms with Gasteiger partial charge in [-0.2, -0.15) is 5.10 Å². The fourth-order valence-electron chi connectivity index (χ4n) is 7.40. The normalized spacial score (nSPS) is 39.5. The van der Waals surface area contributed by atoms with E-state index in [1.807, 2.05) is 11.8 Å². The van der Waals surface area contributed by atoms with Crippen molar-refractivity contribution in [2.45, 2.75) is 82.8 Å². The monoisotopic (exact) mass is 388 g/mol. The van der Waals surface area contributed by atoms with Crippen LogP contribution in [0.3, 0.4) is 0 Å². The molecule has 2 heterocycles. The van der Waals surface area contributed by atoms with Crippen LogP contribution in [0, 0.1) is 17.3 Å². The van der Waals surface area contributed by atoms with Crippen LogP contribution in [0.2, 0.25) is 0 Å². The molecule has 7 nitrogen and oxygen atoms in total. The van der Waals surface area contributed by atoms with Gasteiger partial charge in [-0.15, -0.1) is 0 Å². The second kappa shape index (κ2) is 6.44. The number of nitrogens with one attached hydrogen (secondary N) is 1. The molecule has 1 saturated heterocycles. The molecule has 28 heavy (non-hydrogen) atoms. The van der Waals surface area contributed by atoms with Gasteiger partial charge in [0.1, 0.15) is 5.82 Å². The Bertz CT molecular complexity index is 814. The third-order valence-corrected chi connectivity index (χ3v) is 7.92. The number of hydrogen-bond donors (Lipinski definition) is 2. The summed E-state index contributed by atoms with van der Waals surface area (Å²) in [6, 6.07) is 0. The molecular formula is C21H32N4O3. The summed E-state index contributed by atoms with van der Waals surface area (Å²) in [5, 5.41) is 17.8. The van der Waals surface area contributed by atoms with Crippen LogP contribution in [0.15, 0.2) is 4.79 Å². The van der Waals surface area contributed by atoms with Crippen molar-refractivity contribution in [1.82, 2.24) is 19.7 Å². The summed E-state index contributed by atoms with van der Waals surface area (Å²) in [5.74, 6) is 2.36. The minimum Gasteiger partial charge on any atom is -0.390 e. The maximum atomic E-state index is 13.3. The first-order valence-corrected chi connectivity index (χ1v) is 11.0. The number of aromatic amines is 1. The van der Waals surface area contributed by atoms with Crippen molar-refractivity contribution in [2.24, 2.45) is 17.3 Å². The van der Waals surface area contributed by atoms with E-state index in [0.29, 0.717) is 31.3 Å². The van der Waals surface area contributed by atoms with Crippen LogP contribution in [0.25, 0.3) is 0 Å². The van der Waals surface area contributed by atoms with E-state index in [0.717, 1.165) is 57.3 Å². The second-order valence-corrected chi connectivity index (χ2v) is 10.2. The fraction of sp³-hybridized carbons (Fsp3) is 0.857. The summed E-state index contributed by atoms with van der Waals surface area (Å²) in [6.07, 6.45) is 8.66. The molecule has 5 aliphatic rings. The highest BCUT2D eigenvalue weighted by molar-refractivity contribution is 5.77. The Kier molecular flexibility index (Phi) is 4.23. The van der Waals surface area contributed by atoms with E-state index in [1.165, 1.54) is 6.42 Å². The predicted molar refractivity (Wildman–Crippen MR) is 104 cm³/mol. The number of rotatable bonds is 4. The van der Waals surface area contributed by atoms with Crippen molar-refractivity contribution in [2.75, 3.05) is 13.1 Å². The summed E-state index contributed by atoms with van der Waals surface area (Å²) in [7, 11) is 0. The van der Waals surface area contributed by atoms with E-state index in [9.17, 15) is 14.7 Å². The van der Waals surface area contributed by atoms with Crippen molar-refractivity contribution in [1.29, 1.82) is 0 Å². The van der Waals surface area contributed by atoms with Crippen molar-refractivity contribution >= 4 is 5.91 Å². The zero-order valence-corrected chi connectivity index (χ0v) is 16.8. The minimum atomic E-state index is -0.513. The molecule has 5 fully saturated rings. The second-order valence-electron chi connectivity index (χ2n) is 10.2. The van der Waals surface area contributed by atoms with Gasteiger partial charge in [0.05, 0.1) is 5.60 Å². The Morgan fingerprint density at radius 3 is 2.71 bits per heavy atom. The van der Waals surface area contributed by atoms with E-state index < -0.39 is 5.60 Å². The number of likely N-dealkylation sites (tertiary alicyclic amines) is 1. The highest BCUT2D eigenvalue weighted by Crippen LogP contribution is 2.62. The molecule has 1 amide bonds. The third-order valence-electron chi connectivity index (χ3n) is 7.92. The first-order chi connectivity index (χ1) is 13.4. The van der Waals surface area contributed by atoms with E-state index in [4.69, 9.17) is 0 Å². The van der Waals surface area contributed by atoms with Gasteiger partial charge >= 0.3 is 5.69 Å². The highest BCUT2D eigenvalue weighted by atomic mass is 16.3. The number of carbonyl (C=O) groups is 1. The van der Waals surface area contributed by atoms with Crippen molar-refractivity contribution in [3.63, 3.8) is 0 Å². The van der Waals surface area contributed by atoms with Gasteiger partial charge in [-0.25, -0.2) is 9.89 Å². The number of H-pyrrole nitrogens is 1.